The molecule has 0 aromatic heterocycles. The van der Waals surface area contributed by atoms with Crippen LogP contribution in [0.1, 0.15) is 113 Å². The lowest BCUT2D eigenvalue weighted by Crippen LogP contribution is -2.67. The third-order valence-electron chi connectivity index (χ3n) is 19.2. The Morgan fingerprint density at radius 2 is 1.40 bits per heavy atom. The Kier molecular flexibility index (Phi) is 11.9. The minimum atomic E-state index is -1.76. The smallest absolute Gasteiger partial charge is 0.316 e. The summed E-state index contributed by atoms with van der Waals surface area (Å²) in [6.07, 6.45) is -16.1. The Bertz CT molecular complexity index is 1880. The van der Waals surface area contributed by atoms with E-state index in [1.54, 1.807) is 0 Å². The molecule has 0 aromatic rings. The van der Waals surface area contributed by atoms with Gasteiger partial charge in [-0.2, -0.15) is 0 Å². The number of rotatable bonds is 7. The van der Waals surface area contributed by atoms with Crippen molar-refractivity contribution in [2.24, 2.45) is 39.4 Å². The van der Waals surface area contributed by atoms with E-state index in [4.69, 9.17) is 33.2 Å². The maximum atomic E-state index is 14.6. The summed E-state index contributed by atoms with van der Waals surface area (Å²) in [6.45, 7) is 15.0. The molecule has 1 spiro atoms. The predicted octanol–water partition coefficient (Wildman–Crippen LogP) is 0.619. The van der Waals surface area contributed by atoms with E-state index in [0.29, 0.717) is 44.9 Å². The van der Waals surface area contributed by atoms with E-state index < -0.39 is 143 Å². The normalized spacial score (nSPS) is 56.1. The SMILES string of the molecule is C[C@H]1O[C@@H](O[C@@H]2[C@@H](O)[C@H](O[C@@H]3O[C@H](CO)[C@@H](O)[C@H](O)[C@H]3O)CO[C@H]2[C@H]2CC[C@]3(C)C4=C(O)C[C@]56C(=O)O[C@@](C)(C7CCC(C)(C)O7)[C@@]5(O)CC[C@@]6(C)[C@@H]4CC[C@H]3C2(C)C)[C@H](O)[C@@H](O)[C@@H]1O. The van der Waals surface area contributed by atoms with Gasteiger partial charge >= 0.3 is 5.97 Å². The van der Waals surface area contributed by atoms with Gasteiger partial charge in [-0.15, -0.1) is 0 Å². The van der Waals surface area contributed by atoms with Crippen LogP contribution in [-0.4, -0.2) is 179 Å². The fourth-order valence-electron chi connectivity index (χ4n) is 15.5. The fourth-order valence-corrected chi connectivity index (χ4v) is 15.5. The summed E-state index contributed by atoms with van der Waals surface area (Å²) in [5.74, 6) is -0.973. The second-order valence-electron chi connectivity index (χ2n) is 23.1. The van der Waals surface area contributed by atoms with Crippen LogP contribution in [0.3, 0.4) is 0 Å². The molecule has 23 atom stereocenters. The number of aliphatic hydroxyl groups is 10. The Labute approximate surface area is 380 Å². The number of carbonyl (C=O) groups is 1. The molecule has 18 nitrogen and oxygen atoms in total. The molecule has 5 aliphatic heterocycles. The van der Waals surface area contributed by atoms with E-state index in [-0.39, 0.29) is 36.5 Å². The van der Waals surface area contributed by atoms with Gasteiger partial charge in [0.05, 0.1) is 36.8 Å². The van der Waals surface area contributed by atoms with Crippen molar-refractivity contribution >= 4 is 5.97 Å². The standard InChI is InChI=1S/C47H74O18/c1-20-29(50)32(53)34(55)38(60-20)63-37-31(52)25(62-39-35(56)33(54)30(51)24(18-48)61-39)19-59-36(37)22-11-14-43(6)26(42(22,4)5)10-9-21-28(43)23(49)17-46-40(57)65-45(8,27-12-13-41(2,3)64-27)47(46,58)16-15-44(21,46)7/h20-22,24-27,29-39,48-56,58H,9-19H2,1-8H3/t20-,21-,22-,24-,25-,26+,27?,29-,30-,31+,32+,33+,34-,35-,36+,37-,38+,39+,43+,44+,45+,46-,47+/m1/s1. The lowest BCUT2D eigenvalue weighted by molar-refractivity contribution is -0.358. The minimum Gasteiger partial charge on any atom is -0.512 e. The van der Waals surface area contributed by atoms with Crippen LogP contribution in [0.15, 0.2) is 11.3 Å². The molecule has 370 valence electrons. The molecule has 0 aromatic carbocycles. The molecule has 3 saturated carbocycles. The van der Waals surface area contributed by atoms with Crippen LogP contribution in [0.5, 0.6) is 0 Å². The second-order valence-corrected chi connectivity index (χ2v) is 23.1. The molecule has 65 heavy (non-hydrogen) atoms. The van der Waals surface area contributed by atoms with Crippen LogP contribution in [0.2, 0.25) is 0 Å². The first kappa shape index (κ1) is 48.4. The van der Waals surface area contributed by atoms with E-state index in [0.717, 1.165) is 12.0 Å². The molecule has 9 aliphatic rings. The van der Waals surface area contributed by atoms with Gasteiger partial charge in [0, 0.05) is 6.42 Å². The number of cyclic esters (lactones) is 1. The monoisotopic (exact) mass is 926 g/mol. The number of hydrogen-bond donors (Lipinski definition) is 10. The zero-order chi connectivity index (χ0) is 47.4. The van der Waals surface area contributed by atoms with Crippen LogP contribution in [0.4, 0.5) is 0 Å². The van der Waals surface area contributed by atoms with Crippen LogP contribution in [0.25, 0.3) is 0 Å². The lowest BCUT2D eigenvalue weighted by atomic mass is 9.39. The van der Waals surface area contributed by atoms with Gasteiger partial charge in [0.2, 0.25) is 0 Å². The van der Waals surface area contributed by atoms with Crippen LogP contribution in [0, 0.1) is 39.4 Å². The van der Waals surface area contributed by atoms with E-state index >= 15 is 0 Å². The quantitative estimate of drug-likeness (QED) is 0.157. The molecule has 5 heterocycles. The molecular formula is C47H74O18. The summed E-state index contributed by atoms with van der Waals surface area (Å²) in [5.41, 5.74) is -5.64. The zero-order valence-electron chi connectivity index (χ0n) is 38.9. The molecule has 8 fully saturated rings. The van der Waals surface area contributed by atoms with Crippen molar-refractivity contribution in [1.82, 2.24) is 0 Å². The van der Waals surface area contributed by atoms with Crippen molar-refractivity contribution in [2.75, 3.05) is 13.2 Å². The second kappa shape index (κ2) is 16.0. The molecular weight excluding hydrogens is 852 g/mol. The van der Waals surface area contributed by atoms with Gasteiger partial charge in [-0.3, -0.25) is 4.79 Å². The topological polar surface area (TPSA) is 284 Å². The number of carbonyl (C=O) groups excluding carboxylic acids is 1. The van der Waals surface area contributed by atoms with Crippen LogP contribution in [-0.2, 0) is 38.0 Å². The van der Waals surface area contributed by atoms with Crippen molar-refractivity contribution in [3.63, 3.8) is 0 Å². The number of hydrogen-bond acceptors (Lipinski definition) is 18. The Morgan fingerprint density at radius 3 is 2.05 bits per heavy atom. The molecule has 1 unspecified atom stereocenters. The van der Waals surface area contributed by atoms with Gasteiger partial charge in [-0.1, -0.05) is 27.7 Å². The lowest BCUT2D eigenvalue weighted by Gasteiger charge is -2.65. The summed E-state index contributed by atoms with van der Waals surface area (Å²) in [5, 5.41) is 111. The zero-order valence-corrected chi connectivity index (χ0v) is 38.9. The van der Waals surface area contributed by atoms with Gasteiger partial charge in [0.25, 0.3) is 0 Å². The Morgan fingerprint density at radius 1 is 0.738 bits per heavy atom. The van der Waals surface area contributed by atoms with E-state index in [9.17, 15) is 55.9 Å². The fraction of sp³-hybridized carbons (Fsp3) is 0.936. The first-order chi connectivity index (χ1) is 30.2. The summed E-state index contributed by atoms with van der Waals surface area (Å²) >= 11 is 0. The number of ether oxygens (including phenoxy) is 7. The van der Waals surface area contributed by atoms with Crippen LogP contribution >= 0.6 is 0 Å². The number of allylic oxidation sites excluding steroid dienone is 2. The van der Waals surface area contributed by atoms with Crippen molar-refractivity contribution in [1.29, 1.82) is 0 Å². The summed E-state index contributed by atoms with van der Waals surface area (Å²) in [4.78, 5) is 14.6. The Balaban J connectivity index is 1.01. The van der Waals surface area contributed by atoms with Gasteiger partial charge < -0.3 is 84.2 Å². The van der Waals surface area contributed by atoms with Gasteiger partial charge in [-0.25, -0.2) is 0 Å². The number of fused-ring (bicyclic) bond motifs is 4. The van der Waals surface area contributed by atoms with Gasteiger partial charge in [-0.05, 0) is 119 Å². The molecule has 5 saturated heterocycles. The van der Waals surface area contributed by atoms with E-state index in [2.05, 4.69) is 27.7 Å². The highest BCUT2D eigenvalue weighted by molar-refractivity contribution is 5.85. The maximum Gasteiger partial charge on any atom is 0.316 e. The third kappa shape index (κ3) is 6.63. The summed E-state index contributed by atoms with van der Waals surface area (Å²) < 4.78 is 43.4. The molecule has 0 radical (unpaired) electrons. The molecule has 18 heteroatoms. The van der Waals surface area contributed by atoms with E-state index in [1.165, 1.54) is 6.92 Å². The average molecular weight is 927 g/mol. The first-order valence-electron chi connectivity index (χ1n) is 23.9. The van der Waals surface area contributed by atoms with Crippen molar-refractivity contribution in [2.45, 2.75) is 222 Å². The van der Waals surface area contributed by atoms with Crippen molar-refractivity contribution < 1.29 is 89.0 Å². The molecule has 4 aliphatic carbocycles. The highest BCUT2D eigenvalue weighted by Crippen LogP contribution is 2.78. The van der Waals surface area contributed by atoms with Gasteiger partial charge in [0.15, 0.2) is 18.2 Å². The molecule has 10 N–H and O–H groups in total. The first-order valence-corrected chi connectivity index (χ1v) is 23.9. The summed E-state index contributed by atoms with van der Waals surface area (Å²) in [7, 11) is 0. The molecule has 9 rings (SSSR count). The highest BCUT2D eigenvalue weighted by atomic mass is 16.7. The third-order valence-corrected chi connectivity index (χ3v) is 19.2. The maximum absolute atomic E-state index is 14.6. The molecule has 0 amide bonds. The Hall–Kier alpha value is -1.59. The van der Waals surface area contributed by atoms with Crippen LogP contribution < -0.4 is 0 Å². The summed E-state index contributed by atoms with van der Waals surface area (Å²) in [6, 6.07) is 0. The van der Waals surface area contributed by atoms with E-state index in [1.807, 2.05) is 20.8 Å². The largest absolute Gasteiger partial charge is 0.512 e. The van der Waals surface area contributed by atoms with Crippen molar-refractivity contribution in [3.05, 3.63) is 11.3 Å². The van der Waals surface area contributed by atoms with Gasteiger partial charge in [0.1, 0.15) is 78.2 Å². The predicted molar refractivity (Wildman–Crippen MR) is 224 cm³/mol. The van der Waals surface area contributed by atoms with Crippen molar-refractivity contribution in [3.8, 4) is 0 Å². The average Bonchev–Trinajstić information content (AvgIpc) is 3.80. The minimum absolute atomic E-state index is 0.0467. The molecule has 0 bridgehead atoms. The number of esters is 1. The number of aliphatic hydroxyl groups excluding tert-OH is 9. The highest BCUT2D eigenvalue weighted by Gasteiger charge is 2.85.